The lowest BCUT2D eigenvalue weighted by Crippen LogP contribution is -2.42. The summed E-state index contributed by atoms with van der Waals surface area (Å²) in [5, 5.41) is 0. The summed E-state index contributed by atoms with van der Waals surface area (Å²) in [5.74, 6) is 0.295. The van der Waals surface area contributed by atoms with Crippen LogP contribution in [0.3, 0.4) is 0 Å². The van der Waals surface area contributed by atoms with Crippen LogP contribution in [0.25, 0.3) is 0 Å². The van der Waals surface area contributed by atoms with Gasteiger partial charge in [-0.25, -0.2) is 0 Å². The number of hydrogen-bond donors (Lipinski definition) is 0. The van der Waals surface area contributed by atoms with E-state index in [9.17, 15) is 4.79 Å². The minimum absolute atomic E-state index is 0.295. The zero-order valence-electron chi connectivity index (χ0n) is 12.1. The van der Waals surface area contributed by atoms with E-state index >= 15 is 0 Å². The Balaban J connectivity index is 2.01. The van der Waals surface area contributed by atoms with Crippen molar-refractivity contribution in [3.63, 3.8) is 0 Å². The molecule has 2 aromatic rings. The largest absolute Gasteiger partial charge is 0.353 e. The molecule has 106 valence electrons. The second-order valence-corrected chi connectivity index (χ2v) is 6.08. The number of Topliss-reactive ketones (excluding diaryl/α,β-unsaturated/α-hetero) is 1. The molecule has 21 heavy (non-hydrogen) atoms. The first kappa shape index (κ1) is 12.8. The fourth-order valence-electron chi connectivity index (χ4n) is 4.01. The molecule has 4 rings (SSSR count). The van der Waals surface area contributed by atoms with E-state index in [1.165, 1.54) is 11.1 Å². The van der Waals surface area contributed by atoms with Crippen molar-refractivity contribution >= 4 is 5.78 Å². The van der Waals surface area contributed by atoms with Crippen molar-refractivity contribution in [3.8, 4) is 0 Å². The summed E-state index contributed by atoms with van der Waals surface area (Å²) >= 11 is 0. The van der Waals surface area contributed by atoms with Crippen molar-refractivity contribution in [1.29, 1.82) is 0 Å². The molecule has 1 saturated heterocycles. The summed E-state index contributed by atoms with van der Waals surface area (Å²) in [6.07, 6.45) is 1.76. The number of ketones is 1. The van der Waals surface area contributed by atoms with Gasteiger partial charge in [0.1, 0.15) is 17.0 Å². The molecular weight excluding hydrogens is 260 g/mol. The average Bonchev–Trinajstić information content (AvgIpc) is 2.75. The molecule has 2 heteroatoms. The van der Waals surface area contributed by atoms with Gasteiger partial charge in [0.05, 0.1) is 0 Å². The van der Waals surface area contributed by atoms with Gasteiger partial charge in [-0.3, -0.25) is 4.79 Å². The van der Waals surface area contributed by atoms with Crippen molar-refractivity contribution < 1.29 is 9.53 Å². The molecule has 0 spiro atoms. The first-order valence-electron chi connectivity index (χ1n) is 7.58. The number of hydrogen-bond acceptors (Lipinski definition) is 2. The second kappa shape index (κ2) is 4.28. The van der Waals surface area contributed by atoms with Gasteiger partial charge >= 0.3 is 0 Å². The van der Waals surface area contributed by atoms with E-state index in [2.05, 4.69) is 31.2 Å². The van der Waals surface area contributed by atoms with E-state index in [0.717, 1.165) is 12.0 Å². The smallest absolute Gasteiger partial charge is 0.139 e. The van der Waals surface area contributed by atoms with Gasteiger partial charge in [0.25, 0.3) is 0 Å². The van der Waals surface area contributed by atoms with Crippen LogP contribution in [0.2, 0.25) is 0 Å². The number of benzene rings is 2. The molecule has 0 amide bonds. The highest BCUT2D eigenvalue weighted by atomic mass is 16.5. The Hall–Kier alpha value is -1.93. The Kier molecular flexibility index (Phi) is 2.61. The maximum Gasteiger partial charge on any atom is 0.139 e. The van der Waals surface area contributed by atoms with Gasteiger partial charge in [-0.1, -0.05) is 61.5 Å². The number of carbonyl (C=O) groups excluding carboxylic acids is 1. The number of ether oxygens (including phenoxy) is 1. The van der Waals surface area contributed by atoms with E-state index in [1.807, 2.05) is 30.3 Å². The van der Waals surface area contributed by atoms with Crippen LogP contribution in [-0.4, -0.2) is 5.78 Å². The van der Waals surface area contributed by atoms with Gasteiger partial charge in [0, 0.05) is 12.8 Å². The molecular formula is C19H18O2. The van der Waals surface area contributed by atoms with Crippen LogP contribution in [0.4, 0.5) is 0 Å². The first-order valence-corrected chi connectivity index (χ1v) is 7.58. The van der Waals surface area contributed by atoms with Gasteiger partial charge in [-0.15, -0.1) is 0 Å². The highest BCUT2D eigenvalue weighted by Crippen LogP contribution is 2.58. The number of carbonyl (C=O) groups is 1. The van der Waals surface area contributed by atoms with Gasteiger partial charge in [-0.05, 0) is 23.1 Å². The molecule has 2 aliphatic heterocycles. The van der Waals surface area contributed by atoms with E-state index in [1.54, 1.807) is 0 Å². The summed E-state index contributed by atoms with van der Waals surface area (Å²) in [4.78, 5) is 12.5. The van der Waals surface area contributed by atoms with E-state index in [4.69, 9.17) is 4.74 Å². The Morgan fingerprint density at radius 3 is 2.33 bits per heavy atom. The summed E-state index contributed by atoms with van der Waals surface area (Å²) in [6, 6.07) is 18.5. The highest BCUT2D eigenvalue weighted by molar-refractivity contribution is 5.84. The third kappa shape index (κ3) is 1.60. The SMILES string of the molecule is CC[C@]12CC(=O)C[C@](c3ccccc3)(O1)c1ccccc12. The van der Waals surface area contributed by atoms with Crippen molar-refractivity contribution in [2.45, 2.75) is 37.4 Å². The molecule has 0 aliphatic carbocycles. The monoisotopic (exact) mass is 278 g/mol. The maximum atomic E-state index is 12.5. The van der Waals surface area contributed by atoms with Gasteiger partial charge in [0.2, 0.25) is 0 Å². The highest BCUT2D eigenvalue weighted by Gasteiger charge is 2.58. The molecule has 1 fully saturated rings. The Labute approximate surface area is 124 Å². The Bertz CT molecular complexity index is 707. The zero-order valence-corrected chi connectivity index (χ0v) is 12.1. The van der Waals surface area contributed by atoms with Gasteiger partial charge in [0.15, 0.2) is 0 Å². The molecule has 2 aliphatic rings. The first-order chi connectivity index (χ1) is 10.2. The molecule has 2 heterocycles. The summed E-state index contributed by atoms with van der Waals surface area (Å²) in [6.45, 7) is 2.11. The van der Waals surface area contributed by atoms with Crippen LogP contribution < -0.4 is 0 Å². The number of rotatable bonds is 2. The van der Waals surface area contributed by atoms with Gasteiger partial charge in [-0.2, -0.15) is 0 Å². The van der Waals surface area contributed by atoms with Crippen molar-refractivity contribution in [2.24, 2.45) is 0 Å². The zero-order chi connectivity index (χ0) is 14.5. The van der Waals surface area contributed by atoms with Crippen LogP contribution in [0.15, 0.2) is 54.6 Å². The molecule has 2 bridgehead atoms. The number of fused-ring (bicyclic) bond motifs is 5. The van der Waals surface area contributed by atoms with E-state index < -0.39 is 11.2 Å². The topological polar surface area (TPSA) is 26.3 Å². The predicted molar refractivity (Wildman–Crippen MR) is 81.0 cm³/mol. The second-order valence-electron chi connectivity index (χ2n) is 6.08. The van der Waals surface area contributed by atoms with Crippen molar-refractivity contribution in [1.82, 2.24) is 0 Å². The molecule has 0 aromatic heterocycles. The quantitative estimate of drug-likeness (QED) is 0.832. The minimum Gasteiger partial charge on any atom is -0.353 e. The van der Waals surface area contributed by atoms with Crippen LogP contribution in [0, 0.1) is 0 Å². The molecule has 0 unspecified atom stereocenters. The van der Waals surface area contributed by atoms with Crippen LogP contribution in [0.5, 0.6) is 0 Å². The molecule has 0 N–H and O–H groups in total. The maximum absolute atomic E-state index is 12.5. The van der Waals surface area contributed by atoms with Crippen LogP contribution >= 0.6 is 0 Å². The van der Waals surface area contributed by atoms with Gasteiger partial charge < -0.3 is 4.74 Å². The lowest BCUT2D eigenvalue weighted by atomic mass is 9.82. The van der Waals surface area contributed by atoms with Crippen LogP contribution in [0.1, 0.15) is 42.9 Å². The predicted octanol–water partition coefficient (Wildman–Crippen LogP) is 3.93. The third-order valence-electron chi connectivity index (χ3n) is 4.96. The summed E-state index contributed by atoms with van der Waals surface area (Å²) < 4.78 is 6.63. The molecule has 0 radical (unpaired) electrons. The Morgan fingerprint density at radius 1 is 0.952 bits per heavy atom. The fraction of sp³-hybridized carbons (Fsp3) is 0.316. The van der Waals surface area contributed by atoms with Crippen molar-refractivity contribution in [2.75, 3.05) is 0 Å². The minimum atomic E-state index is -0.594. The lowest BCUT2D eigenvalue weighted by molar-refractivity contribution is -0.172. The standard InChI is InChI=1S/C19H18O2/c1-2-18-12-15(20)13-19(21-18,14-8-4-3-5-9-14)17-11-7-6-10-16(17)18/h3-11H,2,12-13H2,1H3/t18-,19-/m1/s1. The summed E-state index contributed by atoms with van der Waals surface area (Å²) in [7, 11) is 0. The molecule has 2 nitrogen and oxygen atoms in total. The third-order valence-corrected chi connectivity index (χ3v) is 4.96. The Morgan fingerprint density at radius 2 is 1.62 bits per heavy atom. The fourth-order valence-corrected chi connectivity index (χ4v) is 4.01. The molecule has 2 aromatic carbocycles. The van der Waals surface area contributed by atoms with E-state index in [-0.39, 0.29) is 0 Å². The van der Waals surface area contributed by atoms with Crippen LogP contribution in [-0.2, 0) is 20.7 Å². The normalized spacial score (nSPS) is 30.2. The van der Waals surface area contributed by atoms with E-state index in [0.29, 0.717) is 18.6 Å². The molecule has 2 atom stereocenters. The molecule has 0 saturated carbocycles. The lowest BCUT2D eigenvalue weighted by Gasteiger charge is -2.40. The summed E-state index contributed by atoms with van der Waals surface area (Å²) in [5.41, 5.74) is 2.41. The average molecular weight is 278 g/mol. The van der Waals surface area contributed by atoms with Crippen molar-refractivity contribution in [3.05, 3.63) is 71.3 Å².